The van der Waals surface area contributed by atoms with Gasteiger partial charge in [0, 0.05) is 43.9 Å². The Morgan fingerprint density at radius 1 is 1.09 bits per heavy atom. The zero-order chi connectivity index (χ0) is 23.8. The highest BCUT2D eigenvalue weighted by atomic mass is 35.5. The predicted molar refractivity (Wildman–Crippen MR) is 130 cm³/mol. The number of anilines is 1. The van der Waals surface area contributed by atoms with Crippen molar-refractivity contribution in [3.05, 3.63) is 82.2 Å². The summed E-state index contributed by atoms with van der Waals surface area (Å²) < 4.78 is 5.47. The molecule has 0 radical (unpaired) electrons. The summed E-state index contributed by atoms with van der Waals surface area (Å²) in [5.41, 5.74) is 2.80. The van der Waals surface area contributed by atoms with E-state index >= 15 is 0 Å². The Morgan fingerprint density at radius 3 is 2.56 bits per heavy atom. The van der Waals surface area contributed by atoms with Gasteiger partial charge in [0.25, 0.3) is 5.91 Å². The van der Waals surface area contributed by atoms with Crippen LogP contribution in [0.2, 0.25) is 5.02 Å². The van der Waals surface area contributed by atoms with Gasteiger partial charge in [0.15, 0.2) is 5.69 Å². The molecule has 1 aliphatic rings. The van der Waals surface area contributed by atoms with E-state index in [9.17, 15) is 10.0 Å². The van der Waals surface area contributed by atoms with Gasteiger partial charge in [-0.05, 0) is 23.8 Å². The largest absolute Gasteiger partial charge is 0.595 e. The molecule has 0 saturated carbocycles. The van der Waals surface area contributed by atoms with E-state index in [1.165, 1.54) is 12.1 Å². The Morgan fingerprint density at radius 2 is 1.82 bits per heavy atom. The molecule has 1 aliphatic heterocycles. The number of nitrogens with one attached hydrogen (secondary N) is 1. The van der Waals surface area contributed by atoms with Crippen LogP contribution in [0, 0.1) is 12.1 Å². The third kappa shape index (κ3) is 4.01. The van der Waals surface area contributed by atoms with Crippen LogP contribution in [-0.2, 0) is 0 Å². The van der Waals surface area contributed by atoms with E-state index in [2.05, 4.69) is 10.1 Å². The molecule has 8 nitrogen and oxygen atoms in total. The molecule has 1 aromatic heterocycles. The fraction of sp³-hybridized carbons (Fsp3) is 0.200. The van der Waals surface area contributed by atoms with Crippen LogP contribution >= 0.6 is 11.6 Å². The van der Waals surface area contributed by atoms with Crippen LogP contribution in [0.15, 0.2) is 65.2 Å². The molecule has 4 aromatic rings. The summed E-state index contributed by atoms with van der Waals surface area (Å²) in [6.45, 7) is 3.90. The number of hydrogen-bond donors (Lipinski definition) is 2. The molecule has 1 fully saturated rings. The minimum Gasteiger partial charge on any atom is -0.595 e. The number of quaternary nitrogens is 1. The van der Waals surface area contributed by atoms with Crippen molar-refractivity contribution in [3.63, 3.8) is 0 Å². The second-order valence-electron chi connectivity index (χ2n) is 8.24. The molecule has 5 rings (SSSR count). The van der Waals surface area contributed by atoms with E-state index in [1.54, 1.807) is 17.9 Å². The van der Waals surface area contributed by atoms with E-state index < -0.39 is 5.23 Å². The molecule has 2 N–H and O–H groups in total. The van der Waals surface area contributed by atoms with Gasteiger partial charge in [0.2, 0.25) is 0 Å². The fourth-order valence-corrected chi connectivity index (χ4v) is 4.74. The monoisotopic (exact) mass is 478 g/mol. The van der Waals surface area contributed by atoms with Gasteiger partial charge in [-0.15, -0.1) is 0 Å². The molecule has 0 aliphatic carbocycles. The maximum Gasteiger partial charge on any atom is 0.259 e. The number of hydrogen-bond acceptors (Lipinski definition) is 6. The van der Waals surface area contributed by atoms with Gasteiger partial charge in [-0.3, -0.25) is 4.79 Å². The maximum absolute atomic E-state index is 13.6. The van der Waals surface area contributed by atoms with Crippen molar-refractivity contribution in [2.75, 3.05) is 31.1 Å². The first kappa shape index (κ1) is 22.4. The summed E-state index contributed by atoms with van der Waals surface area (Å²) in [5, 5.41) is 26.0. The molecule has 1 saturated heterocycles. The molecule has 0 bridgehead atoms. The molecule has 1 amide bonds. The highest BCUT2D eigenvalue weighted by molar-refractivity contribution is 6.33. The van der Waals surface area contributed by atoms with Gasteiger partial charge in [0.05, 0.1) is 10.7 Å². The molecule has 34 heavy (non-hydrogen) atoms. The number of piperazine rings is 1. The van der Waals surface area contributed by atoms with E-state index in [0.717, 1.165) is 22.0 Å². The second-order valence-corrected chi connectivity index (χ2v) is 8.65. The zero-order valence-corrected chi connectivity index (χ0v) is 19.2. The highest BCUT2D eigenvalue weighted by Gasteiger charge is 2.29. The number of fused-ring (bicyclic) bond motifs is 1. The Bertz CT molecular complexity index is 1360. The third-order valence-corrected chi connectivity index (χ3v) is 6.53. The topological polar surface area (TPSA) is 97.3 Å². The van der Waals surface area contributed by atoms with Crippen LogP contribution in [0.1, 0.15) is 16.1 Å². The summed E-state index contributed by atoms with van der Waals surface area (Å²) in [6, 6.07) is 18.6. The minimum absolute atomic E-state index is 0.117. The number of carbonyl (C=O) groups is 1. The average molecular weight is 479 g/mol. The first-order valence-corrected chi connectivity index (χ1v) is 11.3. The van der Waals surface area contributed by atoms with Crippen LogP contribution in [0.3, 0.4) is 0 Å². The number of carbonyl (C=O) groups excluding carboxylic acids is 1. The number of amides is 1. The number of benzene rings is 3. The number of aryl methyl sites for hydroxylation is 1. The van der Waals surface area contributed by atoms with Crippen LogP contribution in [-0.4, -0.2) is 47.4 Å². The van der Waals surface area contributed by atoms with E-state index in [1.807, 2.05) is 42.5 Å². The molecular formula is C25H23ClN4O4. The lowest BCUT2D eigenvalue weighted by molar-refractivity contribution is -0.991. The van der Waals surface area contributed by atoms with E-state index in [0.29, 0.717) is 48.2 Å². The Balaban J connectivity index is 1.38. The van der Waals surface area contributed by atoms with Gasteiger partial charge in [-0.1, -0.05) is 59.2 Å². The number of halogens is 1. The van der Waals surface area contributed by atoms with E-state index in [-0.39, 0.29) is 11.6 Å². The predicted octanol–water partition coefficient (Wildman–Crippen LogP) is 3.82. The normalized spacial score (nSPS) is 15.1. The Kier molecular flexibility index (Phi) is 5.97. The van der Waals surface area contributed by atoms with Gasteiger partial charge in [0.1, 0.15) is 17.0 Å². The summed E-state index contributed by atoms with van der Waals surface area (Å²) >= 11 is 6.34. The average Bonchev–Trinajstić information content (AvgIpc) is 3.24. The van der Waals surface area contributed by atoms with Crippen molar-refractivity contribution in [2.24, 2.45) is 0 Å². The molecule has 174 valence electrons. The van der Waals surface area contributed by atoms with Crippen molar-refractivity contribution < 1.29 is 19.8 Å². The number of rotatable bonds is 4. The van der Waals surface area contributed by atoms with Crippen molar-refractivity contribution in [1.82, 2.24) is 10.1 Å². The van der Waals surface area contributed by atoms with Crippen LogP contribution in [0.5, 0.6) is 0 Å². The summed E-state index contributed by atoms with van der Waals surface area (Å²) in [6.07, 6.45) is 0. The smallest absolute Gasteiger partial charge is 0.259 e. The summed E-state index contributed by atoms with van der Waals surface area (Å²) in [4.78, 5) is 17.4. The number of nitrogens with zero attached hydrogens (tertiary/aromatic N) is 3. The molecule has 3 aromatic carbocycles. The van der Waals surface area contributed by atoms with Gasteiger partial charge in [-0.2, -0.15) is 5.23 Å². The standard InChI is InChI=1S/C25H23ClN4O4/c1-16-23(24(27-34-16)20-8-4-6-17-5-2-3-7-19(17)20)25(31)29-13-11-28(12-14-29)22-10-9-18(30(32)33)15-21(22)26/h2-10,15,30,32H,11-14H2,1H3. The molecule has 2 heterocycles. The Hall–Kier alpha value is -3.43. The lowest BCUT2D eigenvalue weighted by Crippen LogP contribution is -2.99. The molecule has 1 atom stereocenters. The first-order valence-electron chi connectivity index (χ1n) is 11.0. The van der Waals surface area contributed by atoms with Gasteiger partial charge in [-0.25, -0.2) is 5.21 Å². The van der Waals surface area contributed by atoms with Crippen molar-refractivity contribution in [2.45, 2.75) is 6.92 Å². The molecular weight excluding hydrogens is 456 g/mol. The number of aromatic nitrogens is 1. The Labute approximate surface area is 201 Å². The molecule has 1 unspecified atom stereocenters. The van der Waals surface area contributed by atoms with Crippen LogP contribution in [0.25, 0.3) is 22.0 Å². The molecule has 0 spiro atoms. The first-order chi connectivity index (χ1) is 16.4. The summed E-state index contributed by atoms with van der Waals surface area (Å²) in [7, 11) is 0. The lowest BCUT2D eigenvalue weighted by atomic mass is 9.98. The maximum atomic E-state index is 13.6. The van der Waals surface area contributed by atoms with Crippen LogP contribution < -0.4 is 10.1 Å². The van der Waals surface area contributed by atoms with Gasteiger partial charge < -0.3 is 19.5 Å². The SMILES string of the molecule is Cc1onc(-c2cccc3ccccc23)c1C(=O)N1CCN(c2ccc([NH+]([O-])O)cc2Cl)CC1. The minimum atomic E-state index is -1.02. The third-order valence-electron chi connectivity index (χ3n) is 6.22. The lowest BCUT2D eigenvalue weighted by Gasteiger charge is -2.36. The second kappa shape index (κ2) is 9.08. The zero-order valence-electron chi connectivity index (χ0n) is 18.5. The van der Waals surface area contributed by atoms with Crippen LogP contribution in [0.4, 0.5) is 11.4 Å². The van der Waals surface area contributed by atoms with Crippen molar-refractivity contribution >= 4 is 39.7 Å². The van der Waals surface area contributed by atoms with Crippen molar-refractivity contribution in [1.29, 1.82) is 0 Å². The quantitative estimate of drug-likeness (QED) is 0.433. The van der Waals surface area contributed by atoms with E-state index in [4.69, 9.17) is 21.3 Å². The molecule has 9 heteroatoms. The highest BCUT2D eigenvalue weighted by Crippen LogP contribution is 2.33. The van der Waals surface area contributed by atoms with Gasteiger partial charge >= 0.3 is 0 Å². The fourth-order valence-electron chi connectivity index (χ4n) is 4.44. The summed E-state index contributed by atoms with van der Waals surface area (Å²) in [5.74, 6) is 0.372. The van der Waals surface area contributed by atoms with Crippen molar-refractivity contribution in [3.8, 4) is 11.3 Å².